The largest absolute Gasteiger partial charge is 0.452 e. The number of hydrogen-bond donors (Lipinski definition) is 1. The van der Waals surface area contributed by atoms with Crippen LogP contribution in [0.3, 0.4) is 0 Å². The van der Waals surface area contributed by atoms with E-state index in [1.165, 1.54) is 0 Å². The van der Waals surface area contributed by atoms with Crippen LogP contribution in [0.4, 0.5) is 0 Å². The lowest BCUT2D eigenvalue weighted by molar-refractivity contribution is -0.124. The zero-order chi connectivity index (χ0) is 19.6. The predicted molar refractivity (Wildman–Crippen MR) is 105 cm³/mol. The number of esters is 1. The van der Waals surface area contributed by atoms with Crippen molar-refractivity contribution >= 4 is 23.5 Å². The van der Waals surface area contributed by atoms with Gasteiger partial charge in [0.2, 0.25) is 0 Å². The Bertz CT molecular complexity index is 759. The lowest BCUT2D eigenvalue weighted by Crippen LogP contribution is -2.30. The van der Waals surface area contributed by atoms with E-state index in [4.69, 9.17) is 21.1 Å². The average Bonchev–Trinajstić information content (AvgIpc) is 2.65. The summed E-state index contributed by atoms with van der Waals surface area (Å²) in [6.07, 6.45) is 0.798. The van der Waals surface area contributed by atoms with E-state index in [1.807, 2.05) is 44.2 Å². The van der Waals surface area contributed by atoms with Gasteiger partial charge in [-0.05, 0) is 55.7 Å². The summed E-state index contributed by atoms with van der Waals surface area (Å²) in [5.74, 6) is -0.872. The topological polar surface area (TPSA) is 64.6 Å². The van der Waals surface area contributed by atoms with Gasteiger partial charge in [0.25, 0.3) is 5.91 Å². The zero-order valence-corrected chi connectivity index (χ0v) is 16.3. The molecule has 0 saturated carbocycles. The van der Waals surface area contributed by atoms with E-state index in [2.05, 4.69) is 5.32 Å². The Morgan fingerprint density at radius 1 is 1.07 bits per heavy atom. The quantitative estimate of drug-likeness (QED) is 0.663. The highest BCUT2D eigenvalue weighted by molar-refractivity contribution is 6.30. The molecule has 5 nitrogen and oxygen atoms in total. The molecule has 2 aromatic rings. The summed E-state index contributed by atoms with van der Waals surface area (Å²) in [5, 5.41) is 3.38. The third-order valence-corrected chi connectivity index (χ3v) is 3.97. The van der Waals surface area contributed by atoms with E-state index >= 15 is 0 Å². The molecule has 0 radical (unpaired) electrons. The molecule has 0 unspecified atom stereocenters. The van der Waals surface area contributed by atoms with Crippen molar-refractivity contribution in [1.82, 2.24) is 5.32 Å². The van der Waals surface area contributed by atoms with Gasteiger partial charge in [0.05, 0.1) is 18.3 Å². The van der Waals surface area contributed by atoms with Crippen LogP contribution in [0.15, 0.2) is 48.5 Å². The molecular weight excluding hydrogens is 366 g/mol. The maximum absolute atomic E-state index is 12.0. The van der Waals surface area contributed by atoms with Crippen LogP contribution in [0.2, 0.25) is 5.02 Å². The van der Waals surface area contributed by atoms with Crippen LogP contribution in [0, 0.1) is 0 Å². The molecule has 6 heteroatoms. The lowest BCUT2D eigenvalue weighted by Gasteiger charge is -2.09. The third kappa shape index (κ3) is 7.81. The predicted octanol–water partition coefficient (Wildman–Crippen LogP) is 3.78. The number of nitrogens with one attached hydrogen (secondary N) is 1. The van der Waals surface area contributed by atoms with Crippen LogP contribution in [0.5, 0.6) is 0 Å². The molecule has 27 heavy (non-hydrogen) atoms. The molecule has 0 saturated heterocycles. The maximum Gasteiger partial charge on any atom is 0.338 e. The molecule has 0 aliphatic heterocycles. The number of carbonyl (C=O) groups is 2. The van der Waals surface area contributed by atoms with Gasteiger partial charge in [0.1, 0.15) is 0 Å². The maximum atomic E-state index is 12.0. The monoisotopic (exact) mass is 389 g/mol. The number of carbonyl (C=O) groups excluding carboxylic acids is 2. The fourth-order valence-corrected chi connectivity index (χ4v) is 2.52. The van der Waals surface area contributed by atoms with Crippen molar-refractivity contribution in [2.24, 2.45) is 0 Å². The lowest BCUT2D eigenvalue weighted by atomic mass is 10.1. The summed E-state index contributed by atoms with van der Waals surface area (Å²) in [6.45, 7) is 4.55. The van der Waals surface area contributed by atoms with Gasteiger partial charge in [-0.3, -0.25) is 4.79 Å². The minimum absolute atomic E-state index is 0.145. The number of ether oxygens (including phenoxy) is 2. The van der Waals surface area contributed by atoms with E-state index in [1.54, 1.807) is 18.2 Å². The summed E-state index contributed by atoms with van der Waals surface area (Å²) < 4.78 is 10.6. The van der Waals surface area contributed by atoms with Crippen LogP contribution < -0.4 is 5.32 Å². The summed E-state index contributed by atoms with van der Waals surface area (Å²) >= 11 is 5.92. The molecule has 1 amide bonds. The van der Waals surface area contributed by atoms with E-state index < -0.39 is 5.97 Å². The second kappa shape index (κ2) is 10.7. The minimum atomic E-state index is -0.531. The Morgan fingerprint density at radius 2 is 1.81 bits per heavy atom. The Hall–Kier alpha value is -2.37. The first-order chi connectivity index (χ1) is 12.9. The number of hydrogen-bond acceptors (Lipinski definition) is 4. The van der Waals surface area contributed by atoms with Gasteiger partial charge in [-0.2, -0.15) is 0 Å². The average molecular weight is 390 g/mol. The fourth-order valence-electron chi connectivity index (χ4n) is 2.30. The number of amides is 1. The summed E-state index contributed by atoms with van der Waals surface area (Å²) in [6, 6.07) is 14.4. The summed E-state index contributed by atoms with van der Waals surface area (Å²) in [4.78, 5) is 23.8. The first-order valence-corrected chi connectivity index (χ1v) is 9.20. The Kier molecular flexibility index (Phi) is 8.30. The van der Waals surface area contributed by atoms with Crippen molar-refractivity contribution in [1.29, 1.82) is 0 Å². The van der Waals surface area contributed by atoms with Gasteiger partial charge in [-0.25, -0.2) is 4.79 Å². The van der Waals surface area contributed by atoms with Crippen molar-refractivity contribution < 1.29 is 19.1 Å². The van der Waals surface area contributed by atoms with Crippen molar-refractivity contribution in [3.8, 4) is 0 Å². The third-order valence-electron chi connectivity index (χ3n) is 3.73. The van der Waals surface area contributed by atoms with E-state index in [-0.39, 0.29) is 18.6 Å². The van der Waals surface area contributed by atoms with Gasteiger partial charge in [-0.1, -0.05) is 35.9 Å². The van der Waals surface area contributed by atoms with Crippen LogP contribution in [0.1, 0.15) is 35.3 Å². The normalized spacial score (nSPS) is 10.7. The van der Waals surface area contributed by atoms with Crippen LogP contribution in [-0.4, -0.2) is 31.1 Å². The molecule has 0 fully saturated rings. The van der Waals surface area contributed by atoms with Crippen LogP contribution >= 0.6 is 11.6 Å². The molecule has 144 valence electrons. The highest BCUT2D eigenvalue weighted by Crippen LogP contribution is 2.11. The standard InChI is InChI=1S/C21H24ClNO4/c1-15(2)26-13-17-6-8-18(9-7-17)21(25)27-14-20(24)23-11-10-16-4-3-5-19(22)12-16/h3-9,12,15H,10-11,13-14H2,1-2H3,(H,23,24). The molecule has 2 aromatic carbocycles. The van der Waals surface area contributed by atoms with E-state index in [9.17, 15) is 9.59 Å². The van der Waals surface area contributed by atoms with Crippen LogP contribution in [0.25, 0.3) is 0 Å². The summed E-state index contributed by atoms with van der Waals surface area (Å²) in [5.41, 5.74) is 2.40. The number of benzene rings is 2. The van der Waals surface area contributed by atoms with Crippen molar-refractivity contribution in [3.05, 3.63) is 70.2 Å². The molecule has 0 atom stereocenters. The molecule has 2 rings (SSSR count). The first kappa shape index (κ1) is 20.9. The number of halogens is 1. The molecule has 0 aromatic heterocycles. The minimum Gasteiger partial charge on any atom is -0.452 e. The highest BCUT2D eigenvalue weighted by Gasteiger charge is 2.10. The Balaban J connectivity index is 1.70. The zero-order valence-electron chi connectivity index (χ0n) is 15.5. The van der Waals surface area contributed by atoms with Crippen LogP contribution in [-0.2, 0) is 27.3 Å². The van der Waals surface area contributed by atoms with Gasteiger partial charge in [0.15, 0.2) is 6.61 Å². The van der Waals surface area contributed by atoms with Crippen molar-refractivity contribution in [2.75, 3.05) is 13.2 Å². The molecule has 0 spiro atoms. The smallest absolute Gasteiger partial charge is 0.338 e. The first-order valence-electron chi connectivity index (χ1n) is 8.83. The van der Waals surface area contributed by atoms with E-state index in [0.717, 1.165) is 11.1 Å². The second-order valence-corrected chi connectivity index (χ2v) is 6.80. The number of rotatable bonds is 9. The molecule has 0 heterocycles. The van der Waals surface area contributed by atoms with E-state index in [0.29, 0.717) is 30.2 Å². The van der Waals surface area contributed by atoms with Gasteiger partial charge < -0.3 is 14.8 Å². The SMILES string of the molecule is CC(C)OCc1ccc(C(=O)OCC(=O)NCCc2cccc(Cl)c2)cc1. The second-order valence-electron chi connectivity index (χ2n) is 6.36. The van der Waals surface area contributed by atoms with Gasteiger partial charge in [0, 0.05) is 11.6 Å². The molecule has 1 N–H and O–H groups in total. The van der Waals surface area contributed by atoms with Gasteiger partial charge >= 0.3 is 5.97 Å². The summed E-state index contributed by atoms with van der Waals surface area (Å²) in [7, 11) is 0. The molecular formula is C21H24ClNO4. The molecule has 0 aliphatic rings. The fraction of sp³-hybridized carbons (Fsp3) is 0.333. The molecule has 0 aliphatic carbocycles. The Labute approximate surface area is 164 Å². The van der Waals surface area contributed by atoms with Gasteiger partial charge in [-0.15, -0.1) is 0 Å². The van der Waals surface area contributed by atoms with Crippen molar-refractivity contribution in [2.45, 2.75) is 33.0 Å². The molecule has 0 bridgehead atoms. The Morgan fingerprint density at radius 3 is 2.48 bits per heavy atom. The van der Waals surface area contributed by atoms with Crippen molar-refractivity contribution in [3.63, 3.8) is 0 Å². The highest BCUT2D eigenvalue weighted by atomic mass is 35.5.